The molecule has 0 saturated heterocycles. The second-order valence-electron chi connectivity index (χ2n) is 10.7. The minimum absolute atomic E-state index is 0.0463. The third-order valence-corrected chi connectivity index (χ3v) is 16.7. The lowest BCUT2D eigenvalue weighted by atomic mass is 9.92. The average molecular weight is 483 g/mol. The van der Waals surface area contributed by atoms with Crippen LogP contribution in [0.4, 0.5) is 0 Å². The minimum atomic E-state index is -1.99. The molecule has 0 amide bonds. The van der Waals surface area contributed by atoms with Gasteiger partial charge in [0.15, 0.2) is 16.6 Å². The maximum absolute atomic E-state index is 11.4. The van der Waals surface area contributed by atoms with Gasteiger partial charge in [-0.2, -0.15) is 0 Å². The average Bonchev–Trinajstić information content (AvgIpc) is 2.72. The van der Waals surface area contributed by atoms with Crippen LogP contribution in [0.1, 0.15) is 81.1 Å². The Morgan fingerprint density at radius 3 is 2.03 bits per heavy atom. The molecule has 0 spiro atoms. The number of hydrogen-bond donors (Lipinski definition) is 1. The first kappa shape index (κ1) is 31.1. The molecule has 0 radical (unpaired) electrons. The van der Waals surface area contributed by atoms with Crippen molar-refractivity contribution in [3.05, 3.63) is 11.6 Å². The summed E-state index contributed by atoms with van der Waals surface area (Å²) in [5, 5.41) is 9.47. The van der Waals surface area contributed by atoms with Crippen LogP contribution >= 0.6 is 0 Å². The molecular weight excluding hydrogens is 432 g/mol. The van der Waals surface area contributed by atoms with Crippen molar-refractivity contribution < 1.29 is 18.8 Å². The van der Waals surface area contributed by atoms with Crippen molar-refractivity contribution in [1.82, 2.24) is 0 Å². The molecule has 0 rings (SSSR count). The summed E-state index contributed by atoms with van der Waals surface area (Å²) in [7, 11) is -3.86. The topological polar surface area (TPSA) is 55.8 Å². The lowest BCUT2D eigenvalue weighted by Crippen LogP contribution is -2.49. The van der Waals surface area contributed by atoms with Crippen LogP contribution < -0.4 is 0 Å². The molecule has 0 aromatic heterocycles. The Bertz CT molecular complexity index is 631. The number of carboxylic acids is 1. The predicted molar refractivity (Wildman–Crippen MR) is 142 cm³/mol. The van der Waals surface area contributed by atoms with Crippen molar-refractivity contribution in [2.24, 2.45) is 5.92 Å². The number of carbonyl (C=O) groups is 1. The fourth-order valence-electron chi connectivity index (χ4n) is 3.70. The highest BCUT2D eigenvalue weighted by Crippen LogP contribution is 2.40. The molecule has 0 aromatic carbocycles. The molecule has 4 nitrogen and oxygen atoms in total. The second kappa shape index (κ2) is 13.7. The van der Waals surface area contributed by atoms with E-state index in [1.807, 2.05) is 6.08 Å². The molecule has 0 bridgehead atoms. The van der Waals surface area contributed by atoms with Gasteiger partial charge in [-0.1, -0.05) is 54.5 Å². The van der Waals surface area contributed by atoms with Crippen LogP contribution in [0.25, 0.3) is 0 Å². The Labute approximate surface area is 200 Å². The van der Waals surface area contributed by atoms with E-state index in [0.717, 1.165) is 37.4 Å². The van der Waals surface area contributed by atoms with Gasteiger partial charge in [-0.3, -0.25) is 0 Å². The first-order chi connectivity index (χ1) is 14.7. The summed E-state index contributed by atoms with van der Waals surface area (Å²) in [4.78, 5) is 11.4. The lowest BCUT2D eigenvalue weighted by molar-refractivity contribution is -0.132. The SMILES string of the molecule is C#CCCC[C@@H](O[Si](C)(C)C(C)(C)C)[C@H](C)[C@H](C/C=C(\C)C(=O)O)O[Si](CC)(CC)CC. The molecule has 0 aliphatic carbocycles. The van der Waals surface area contributed by atoms with E-state index in [2.05, 4.69) is 67.5 Å². The summed E-state index contributed by atoms with van der Waals surface area (Å²) < 4.78 is 13.9. The maximum atomic E-state index is 11.4. The van der Waals surface area contributed by atoms with E-state index < -0.39 is 22.6 Å². The van der Waals surface area contributed by atoms with Gasteiger partial charge < -0.3 is 14.0 Å². The molecule has 0 aliphatic rings. The first-order valence-electron chi connectivity index (χ1n) is 12.4. The fourth-order valence-corrected chi connectivity index (χ4v) is 8.10. The number of terminal acetylenes is 1. The third-order valence-electron chi connectivity index (χ3n) is 7.56. The highest BCUT2D eigenvalue weighted by Gasteiger charge is 2.42. The molecule has 186 valence electrons. The minimum Gasteiger partial charge on any atom is -0.478 e. The van der Waals surface area contributed by atoms with Crippen LogP contribution in [0, 0.1) is 18.3 Å². The molecule has 0 aliphatic heterocycles. The summed E-state index contributed by atoms with van der Waals surface area (Å²) in [6.45, 7) is 22.0. The molecule has 0 unspecified atom stereocenters. The van der Waals surface area contributed by atoms with E-state index in [0.29, 0.717) is 12.0 Å². The van der Waals surface area contributed by atoms with Crippen molar-refractivity contribution >= 4 is 22.6 Å². The van der Waals surface area contributed by atoms with E-state index in [-0.39, 0.29) is 23.2 Å². The zero-order valence-corrected chi connectivity index (χ0v) is 24.5. The molecule has 0 fully saturated rings. The van der Waals surface area contributed by atoms with Crippen molar-refractivity contribution in [2.75, 3.05) is 0 Å². The zero-order valence-electron chi connectivity index (χ0n) is 22.5. The standard InChI is InChI=1S/C26H50O4Si2/c1-12-16-17-18-23(29-31(10,11)26(7,8)9)22(6)24(20-19-21(5)25(27)28)30-32(13-2,14-3)15-4/h1,19,22-24H,13-18,20H2,2-11H3,(H,27,28)/b21-19+/t22-,23+,24-/m0/s1. The molecule has 0 saturated carbocycles. The fraction of sp³-hybridized carbons (Fsp3) is 0.808. The van der Waals surface area contributed by atoms with Gasteiger partial charge in [0.1, 0.15) is 0 Å². The Morgan fingerprint density at radius 2 is 1.62 bits per heavy atom. The normalized spacial score (nSPS) is 16.3. The van der Waals surface area contributed by atoms with Crippen molar-refractivity contribution in [3.63, 3.8) is 0 Å². The molecule has 32 heavy (non-hydrogen) atoms. The van der Waals surface area contributed by atoms with Gasteiger partial charge in [0.25, 0.3) is 0 Å². The number of hydrogen-bond acceptors (Lipinski definition) is 3. The third kappa shape index (κ3) is 9.55. The van der Waals surface area contributed by atoms with Crippen LogP contribution in [0.15, 0.2) is 11.6 Å². The van der Waals surface area contributed by atoms with Gasteiger partial charge in [-0.25, -0.2) is 4.79 Å². The van der Waals surface area contributed by atoms with E-state index >= 15 is 0 Å². The van der Waals surface area contributed by atoms with Crippen LogP contribution in [-0.2, 0) is 13.6 Å². The molecule has 3 atom stereocenters. The Morgan fingerprint density at radius 1 is 1.09 bits per heavy atom. The number of unbranched alkanes of at least 4 members (excludes halogenated alkanes) is 1. The zero-order chi connectivity index (χ0) is 25.2. The van der Waals surface area contributed by atoms with E-state index in [1.165, 1.54) is 0 Å². The van der Waals surface area contributed by atoms with Gasteiger partial charge in [0.2, 0.25) is 0 Å². The molecule has 1 N–H and O–H groups in total. The van der Waals surface area contributed by atoms with Crippen molar-refractivity contribution in [1.29, 1.82) is 0 Å². The predicted octanol–water partition coefficient (Wildman–Crippen LogP) is 7.63. The first-order valence-corrected chi connectivity index (χ1v) is 17.8. The number of aliphatic carboxylic acids is 1. The second-order valence-corrected chi connectivity index (χ2v) is 20.2. The van der Waals surface area contributed by atoms with Gasteiger partial charge in [-0.15, -0.1) is 12.3 Å². The summed E-state index contributed by atoms with van der Waals surface area (Å²) in [5.41, 5.74) is 0.372. The highest BCUT2D eigenvalue weighted by molar-refractivity contribution is 6.74. The molecule has 6 heteroatoms. The number of rotatable bonds is 15. The quantitative estimate of drug-likeness (QED) is 0.113. The highest BCUT2D eigenvalue weighted by atomic mass is 28.4. The van der Waals surface area contributed by atoms with Crippen LogP contribution in [0.2, 0.25) is 36.3 Å². The van der Waals surface area contributed by atoms with E-state index in [9.17, 15) is 9.90 Å². The summed E-state index contributed by atoms with van der Waals surface area (Å²) in [5.74, 6) is 2.04. The van der Waals surface area contributed by atoms with E-state index in [1.54, 1.807) is 6.92 Å². The summed E-state index contributed by atoms with van der Waals surface area (Å²) in [6, 6.07) is 3.20. The van der Waals surface area contributed by atoms with Crippen LogP contribution in [0.3, 0.4) is 0 Å². The monoisotopic (exact) mass is 482 g/mol. The molecule has 0 heterocycles. The summed E-state index contributed by atoms with van der Waals surface area (Å²) in [6.07, 6.45) is 10.5. The lowest BCUT2D eigenvalue weighted by Gasteiger charge is -2.44. The Hall–Kier alpha value is -0.876. The van der Waals surface area contributed by atoms with Gasteiger partial charge in [0.05, 0.1) is 12.2 Å². The summed E-state index contributed by atoms with van der Waals surface area (Å²) >= 11 is 0. The smallest absolute Gasteiger partial charge is 0.330 e. The molecular formula is C26H50O4Si2. The van der Waals surface area contributed by atoms with E-state index in [4.69, 9.17) is 15.3 Å². The van der Waals surface area contributed by atoms with Crippen LogP contribution in [-0.4, -0.2) is 39.9 Å². The number of carboxylic acid groups (broad SMARTS) is 1. The maximum Gasteiger partial charge on any atom is 0.330 e. The molecule has 0 aromatic rings. The Balaban J connectivity index is 6.07. The van der Waals surface area contributed by atoms with Gasteiger partial charge >= 0.3 is 5.97 Å². The van der Waals surface area contributed by atoms with Crippen molar-refractivity contribution in [2.45, 2.75) is 130 Å². The van der Waals surface area contributed by atoms with Gasteiger partial charge in [-0.05, 0) is 62.5 Å². The Kier molecular flexibility index (Phi) is 13.4. The largest absolute Gasteiger partial charge is 0.478 e. The van der Waals surface area contributed by atoms with Gasteiger partial charge in [0, 0.05) is 17.9 Å². The van der Waals surface area contributed by atoms with Crippen LogP contribution in [0.5, 0.6) is 0 Å². The van der Waals surface area contributed by atoms with Crippen molar-refractivity contribution in [3.8, 4) is 12.3 Å².